The molecule has 0 N–H and O–H groups in total. The van der Waals surface area contributed by atoms with Crippen LogP contribution in [0.25, 0.3) is 11.1 Å². The molecule has 3 rings (SSSR count). The third-order valence-electron chi connectivity index (χ3n) is 5.17. The Morgan fingerprint density at radius 3 is 2.32 bits per heavy atom. The summed E-state index contributed by atoms with van der Waals surface area (Å²) in [5.41, 5.74) is 2.81. The molecule has 0 bridgehead atoms. The summed E-state index contributed by atoms with van der Waals surface area (Å²) in [4.78, 5) is 26.2. The van der Waals surface area contributed by atoms with Gasteiger partial charge in [-0.3, -0.25) is 4.79 Å². The molecule has 0 radical (unpaired) electrons. The number of nitriles is 1. The number of benzene rings is 2. The van der Waals surface area contributed by atoms with Gasteiger partial charge in [0, 0.05) is 13.1 Å². The number of likely N-dealkylation sites (tertiary alicyclic amines) is 1. The largest absolute Gasteiger partial charge is 0.461 e. The van der Waals surface area contributed by atoms with E-state index in [1.54, 1.807) is 11.0 Å². The summed E-state index contributed by atoms with van der Waals surface area (Å²) in [5, 5.41) is 9.26. The summed E-state index contributed by atoms with van der Waals surface area (Å²) in [7, 11) is 0. The first-order valence-electron chi connectivity index (χ1n) is 10.5. The molecule has 2 aromatic rings. The van der Waals surface area contributed by atoms with Crippen LogP contribution in [-0.2, 0) is 20.9 Å². The number of carbonyl (C=O) groups is 2. The van der Waals surface area contributed by atoms with Crippen LogP contribution >= 0.6 is 0 Å². The summed E-state index contributed by atoms with van der Waals surface area (Å²) in [5.74, 6) is -0.441. The number of esters is 1. The van der Waals surface area contributed by atoms with Crippen LogP contribution in [0.4, 0.5) is 4.79 Å². The van der Waals surface area contributed by atoms with Crippen LogP contribution in [-0.4, -0.2) is 35.7 Å². The lowest BCUT2D eigenvalue weighted by Crippen LogP contribution is -2.43. The molecule has 0 atom stereocenters. The molecule has 0 spiro atoms. The second-order valence-corrected chi connectivity index (χ2v) is 8.70. The van der Waals surface area contributed by atoms with Crippen molar-refractivity contribution < 1.29 is 19.1 Å². The lowest BCUT2D eigenvalue weighted by atomic mass is 9.97. The van der Waals surface area contributed by atoms with Gasteiger partial charge in [0.2, 0.25) is 0 Å². The molecule has 0 aliphatic carbocycles. The van der Waals surface area contributed by atoms with Gasteiger partial charge < -0.3 is 14.4 Å². The first-order valence-corrected chi connectivity index (χ1v) is 10.5. The summed E-state index contributed by atoms with van der Waals surface area (Å²) in [6.45, 7) is 6.69. The predicted molar refractivity (Wildman–Crippen MR) is 117 cm³/mol. The van der Waals surface area contributed by atoms with E-state index in [0.29, 0.717) is 31.5 Å². The maximum Gasteiger partial charge on any atom is 0.410 e. The predicted octanol–water partition coefficient (Wildman–Crippen LogP) is 4.92. The Hall–Kier alpha value is -3.33. The molecule has 31 heavy (non-hydrogen) atoms. The first kappa shape index (κ1) is 22.4. The first-order chi connectivity index (χ1) is 14.8. The Kier molecular flexibility index (Phi) is 6.96. The molecule has 0 aromatic heterocycles. The molecular formula is C25H28N2O4. The molecule has 0 saturated carbocycles. The van der Waals surface area contributed by atoms with Crippen LogP contribution in [0.2, 0.25) is 0 Å². The lowest BCUT2D eigenvalue weighted by molar-refractivity contribution is -0.151. The second kappa shape index (κ2) is 9.65. The van der Waals surface area contributed by atoms with Crippen LogP contribution in [0.15, 0.2) is 48.5 Å². The van der Waals surface area contributed by atoms with Crippen molar-refractivity contribution in [3.8, 4) is 17.2 Å². The monoisotopic (exact) mass is 420 g/mol. The molecule has 2 aromatic carbocycles. The Bertz CT molecular complexity index is 962. The van der Waals surface area contributed by atoms with Gasteiger partial charge in [-0.1, -0.05) is 42.5 Å². The Morgan fingerprint density at radius 2 is 1.71 bits per heavy atom. The minimum absolute atomic E-state index is 0.200. The highest BCUT2D eigenvalue weighted by Crippen LogP contribution is 2.24. The zero-order valence-electron chi connectivity index (χ0n) is 18.3. The van der Waals surface area contributed by atoms with Gasteiger partial charge in [-0.05, 0) is 56.4 Å². The molecule has 6 heteroatoms. The van der Waals surface area contributed by atoms with Crippen molar-refractivity contribution in [2.24, 2.45) is 5.92 Å². The fourth-order valence-electron chi connectivity index (χ4n) is 3.51. The Balaban J connectivity index is 1.49. The second-order valence-electron chi connectivity index (χ2n) is 8.70. The van der Waals surface area contributed by atoms with E-state index in [0.717, 1.165) is 16.7 Å². The summed E-state index contributed by atoms with van der Waals surface area (Å²) in [6.07, 6.45) is 0.807. The topological polar surface area (TPSA) is 79.6 Å². The molecule has 1 heterocycles. The van der Waals surface area contributed by atoms with Crippen molar-refractivity contribution in [1.82, 2.24) is 4.90 Å². The van der Waals surface area contributed by atoms with E-state index in [4.69, 9.17) is 9.47 Å². The minimum Gasteiger partial charge on any atom is -0.461 e. The summed E-state index contributed by atoms with van der Waals surface area (Å²) >= 11 is 0. The van der Waals surface area contributed by atoms with Gasteiger partial charge in [-0.15, -0.1) is 0 Å². The third-order valence-corrected chi connectivity index (χ3v) is 5.17. The van der Waals surface area contributed by atoms with Crippen LogP contribution in [0.1, 0.15) is 44.7 Å². The number of rotatable bonds is 4. The van der Waals surface area contributed by atoms with Crippen molar-refractivity contribution in [2.75, 3.05) is 13.1 Å². The molecule has 1 fully saturated rings. The van der Waals surface area contributed by atoms with Gasteiger partial charge in [0.15, 0.2) is 0 Å². The molecule has 0 unspecified atom stereocenters. The van der Waals surface area contributed by atoms with Crippen molar-refractivity contribution in [1.29, 1.82) is 5.26 Å². The number of carbonyl (C=O) groups excluding carboxylic acids is 2. The van der Waals surface area contributed by atoms with Gasteiger partial charge in [-0.25, -0.2) is 4.79 Å². The number of amides is 1. The fourth-order valence-corrected chi connectivity index (χ4v) is 3.51. The van der Waals surface area contributed by atoms with Crippen molar-refractivity contribution in [3.63, 3.8) is 0 Å². The van der Waals surface area contributed by atoms with Crippen LogP contribution in [0.3, 0.4) is 0 Å². The Labute approximate surface area is 183 Å². The number of hydrogen-bond acceptors (Lipinski definition) is 5. The maximum atomic E-state index is 12.5. The molecule has 1 amide bonds. The smallest absolute Gasteiger partial charge is 0.410 e. The maximum absolute atomic E-state index is 12.5. The van der Waals surface area contributed by atoms with Crippen molar-refractivity contribution in [3.05, 3.63) is 59.7 Å². The highest BCUT2D eigenvalue weighted by atomic mass is 16.6. The van der Waals surface area contributed by atoms with E-state index >= 15 is 0 Å². The van der Waals surface area contributed by atoms with Crippen LogP contribution < -0.4 is 0 Å². The van der Waals surface area contributed by atoms with Crippen LogP contribution in [0.5, 0.6) is 0 Å². The number of piperidine rings is 1. The van der Waals surface area contributed by atoms with E-state index < -0.39 is 5.60 Å². The van der Waals surface area contributed by atoms with E-state index in [2.05, 4.69) is 6.07 Å². The van der Waals surface area contributed by atoms with E-state index in [1.165, 1.54) is 0 Å². The Morgan fingerprint density at radius 1 is 1.06 bits per heavy atom. The van der Waals surface area contributed by atoms with E-state index in [-0.39, 0.29) is 24.6 Å². The van der Waals surface area contributed by atoms with Crippen LogP contribution in [0, 0.1) is 17.2 Å². The molecule has 1 saturated heterocycles. The molecule has 1 aliphatic rings. The van der Waals surface area contributed by atoms with Crippen molar-refractivity contribution >= 4 is 12.1 Å². The summed E-state index contributed by atoms with van der Waals surface area (Å²) < 4.78 is 10.9. The SMILES string of the molecule is CC(C)(C)OC(=O)N1CCC(C(=O)OCc2ccc(-c3ccccc3C#N)cc2)CC1. The molecule has 6 nitrogen and oxygen atoms in total. The molecular weight excluding hydrogens is 392 g/mol. The van der Waals surface area contributed by atoms with Gasteiger partial charge in [0.25, 0.3) is 0 Å². The molecule has 162 valence electrons. The normalized spacial score (nSPS) is 14.6. The lowest BCUT2D eigenvalue weighted by Gasteiger charge is -2.32. The van der Waals surface area contributed by atoms with E-state index in [9.17, 15) is 14.9 Å². The highest BCUT2D eigenvalue weighted by molar-refractivity contribution is 5.74. The molecule has 1 aliphatic heterocycles. The van der Waals surface area contributed by atoms with Crippen molar-refractivity contribution in [2.45, 2.75) is 45.8 Å². The number of ether oxygens (including phenoxy) is 2. The highest BCUT2D eigenvalue weighted by Gasteiger charge is 2.30. The average Bonchev–Trinajstić information content (AvgIpc) is 2.76. The van der Waals surface area contributed by atoms with Gasteiger partial charge in [0.05, 0.1) is 17.6 Å². The summed E-state index contributed by atoms with van der Waals surface area (Å²) in [6, 6.07) is 17.3. The zero-order valence-corrected chi connectivity index (χ0v) is 18.3. The van der Waals surface area contributed by atoms with Gasteiger partial charge >= 0.3 is 12.1 Å². The van der Waals surface area contributed by atoms with Gasteiger partial charge in [0.1, 0.15) is 12.2 Å². The minimum atomic E-state index is -0.529. The third kappa shape index (κ3) is 6.08. The fraction of sp³-hybridized carbons (Fsp3) is 0.400. The zero-order chi connectivity index (χ0) is 22.4. The van der Waals surface area contributed by atoms with E-state index in [1.807, 2.05) is 63.2 Å². The standard InChI is InChI=1S/C25H28N2O4/c1-25(2,3)31-24(29)27-14-12-20(13-15-27)23(28)30-17-18-8-10-19(11-9-18)22-7-5-4-6-21(22)16-26/h4-11,20H,12-15,17H2,1-3H3. The number of nitrogens with zero attached hydrogens (tertiary/aromatic N) is 2. The van der Waals surface area contributed by atoms with Gasteiger partial charge in [-0.2, -0.15) is 5.26 Å². The number of hydrogen-bond donors (Lipinski definition) is 0. The average molecular weight is 421 g/mol. The quantitative estimate of drug-likeness (QED) is 0.656.